The van der Waals surface area contributed by atoms with E-state index in [1.54, 1.807) is 12.1 Å². The zero-order valence-corrected chi connectivity index (χ0v) is 19.0. The molecule has 174 valence electrons. The maximum atomic E-state index is 13.0. The van der Waals surface area contributed by atoms with E-state index in [0.29, 0.717) is 18.3 Å². The third kappa shape index (κ3) is 7.99. The van der Waals surface area contributed by atoms with Gasteiger partial charge in [-0.05, 0) is 67.7 Å². The molecule has 1 aliphatic heterocycles. The van der Waals surface area contributed by atoms with Crippen LogP contribution in [0, 0.1) is 17.8 Å². The fraction of sp³-hybridized carbons (Fsp3) is 0.640. The molecule has 2 rings (SSSR count). The SMILES string of the molecule is CC(C)C=C[C@H](CCC(C)C)N1CC[C@@H](CC(=O)O)C[C@H]1c1ccc(C(F)(F)F)cc1. The lowest BCUT2D eigenvalue weighted by Crippen LogP contribution is -2.43. The monoisotopic (exact) mass is 439 g/mol. The predicted molar refractivity (Wildman–Crippen MR) is 118 cm³/mol. The first-order valence-corrected chi connectivity index (χ1v) is 11.3. The van der Waals surface area contributed by atoms with Crippen molar-refractivity contribution in [2.75, 3.05) is 6.54 Å². The highest BCUT2D eigenvalue weighted by molar-refractivity contribution is 5.67. The molecule has 3 atom stereocenters. The Balaban J connectivity index is 2.35. The van der Waals surface area contributed by atoms with Crippen LogP contribution < -0.4 is 0 Å². The van der Waals surface area contributed by atoms with E-state index in [9.17, 15) is 23.1 Å². The lowest BCUT2D eigenvalue weighted by Gasteiger charge is -2.43. The zero-order chi connectivity index (χ0) is 23.2. The summed E-state index contributed by atoms with van der Waals surface area (Å²) >= 11 is 0. The van der Waals surface area contributed by atoms with Crippen LogP contribution in [0.3, 0.4) is 0 Å². The number of nitrogens with zero attached hydrogens (tertiary/aromatic N) is 1. The standard InChI is InChI=1S/C25H36F3NO2/c1-17(2)5-11-22(12-6-18(3)4)29-14-13-19(16-24(30)31)15-23(29)20-7-9-21(10-8-20)25(26,27)28/h5,7-11,17-19,22-23H,6,12-16H2,1-4H3,(H,30,31)/t19-,22-,23+/m1/s1. The molecule has 0 spiro atoms. The van der Waals surface area contributed by atoms with Crippen LogP contribution >= 0.6 is 0 Å². The van der Waals surface area contributed by atoms with Crippen LogP contribution in [-0.4, -0.2) is 28.6 Å². The van der Waals surface area contributed by atoms with E-state index in [2.05, 4.69) is 44.7 Å². The highest BCUT2D eigenvalue weighted by atomic mass is 19.4. The van der Waals surface area contributed by atoms with Gasteiger partial charge in [-0.2, -0.15) is 13.2 Å². The van der Waals surface area contributed by atoms with Gasteiger partial charge in [-0.3, -0.25) is 9.69 Å². The van der Waals surface area contributed by atoms with E-state index in [1.165, 1.54) is 0 Å². The first-order valence-electron chi connectivity index (χ1n) is 11.3. The van der Waals surface area contributed by atoms with Gasteiger partial charge in [0.25, 0.3) is 0 Å². The number of hydrogen-bond acceptors (Lipinski definition) is 2. The summed E-state index contributed by atoms with van der Waals surface area (Å²) in [4.78, 5) is 13.7. The van der Waals surface area contributed by atoms with E-state index in [-0.39, 0.29) is 24.4 Å². The minimum Gasteiger partial charge on any atom is -0.481 e. The summed E-state index contributed by atoms with van der Waals surface area (Å²) in [6.45, 7) is 9.38. The molecular weight excluding hydrogens is 403 g/mol. The minimum absolute atomic E-state index is 0.0286. The van der Waals surface area contributed by atoms with Crippen molar-refractivity contribution in [2.24, 2.45) is 17.8 Å². The number of carboxylic acids is 1. The number of rotatable bonds is 9. The first kappa shape index (κ1) is 25.4. The largest absolute Gasteiger partial charge is 0.481 e. The van der Waals surface area contributed by atoms with Crippen molar-refractivity contribution in [3.05, 3.63) is 47.5 Å². The van der Waals surface area contributed by atoms with Crippen LogP contribution in [0.15, 0.2) is 36.4 Å². The topological polar surface area (TPSA) is 40.5 Å². The third-order valence-electron chi connectivity index (χ3n) is 6.02. The van der Waals surface area contributed by atoms with Crippen LogP contribution in [0.5, 0.6) is 0 Å². The molecule has 0 radical (unpaired) electrons. The smallest absolute Gasteiger partial charge is 0.416 e. The molecule has 1 aliphatic rings. The van der Waals surface area contributed by atoms with Crippen LogP contribution in [0.2, 0.25) is 0 Å². The van der Waals surface area contributed by atoms with Gasteiger partial charge >= 0.3 is 12.1 Å². The Labute approximate surface area is 184 Å². The average Bonchev–Trinajstić information content (AvgIpc) is 2.67. The van der Waals surface area contributed by atoms with Gasteiger partial charge in [-0.1, -0.05) is 52.0 Å². The number of halogens is 3. The van der Waals surface area contributed by atoms with Gasteiger partial charge in [-0.25, -0.2) is 0 Å². The molecule has 1 N–H and O–H groups in total. The van der Waals surface area contributed by atoms with Gasteiger partial charge in [0.2, 0.25) is 0 Å². The molecule has 0 amide bonds. The van der Waals surface area contributed by atoms with Crippen molar-refractivity contribution in [2.45, 2.75) is 78.1 Å². The second kappa shape index (κ2) is 11.2. The van der Waals surface area contributed by atoms with E-state index >= 15 is 0 Å². The normalized spacial score (nSPS) is 21.8. The molecule has 0 saturated carbocycles. The molecule has 1 saturated heterocycles. The lowest BCUT2D eigenvalue weighted by molar-refractivity contribution is -0.139. The molecule has 31 heavy (non-hydrogen) atoms. The van der Waals surface area contributed by atoms with Crippen molar-refractivity contribution in [1.29, 1.82) is 0 Å². The molecule has 1 aromatic rings. The number of benzene rings is 1. The molecular formula is C25H36F3NO2. The summed E-state index contributed by atoms with van der Waals surface area (Å²) in [6.07, 6.45) is 3.63. The third-order valence-corrected chi connectivity index (χ3v) is 6.02. The quantitative estimate of drug-likeness (QED) is 0.423. The molecule has 1 fully saturated rings. The molecule has 1 aromatic carbocycles. The van der Waals surface area contributed by atoms with Crippen LogP contribution in [0.4, 0.5) is 13.2 Å². The number of carboxylic acid groups (broad SMARTS) is 1. The summed E-state index contributed by atoms with van der Waals surface area (Å²) < 4.78 is 39.1. The van der Waals surface area contributed by atoms with Crippen LogP contribution in [-0.2, 0) is 11.0 Å². The number of likely N-dealkylation sites (tertiary alicyclic amines) is 1. The van der Waals surface area contributed by atoms with E-state index in [1.807, 2.05) is 0 Å². The van der Waals surface area contributed by atoms with E-state index < -0.39 is 17.7 Å². The maximum Gasteiger partial charge on any atom is 0.416 e. The first-order chi connectivity index (χ1) is 14.5. The van der Waals surface area contributed by atoms with E-state index in [4.69, 9.17) is 0 Å². The predicted octanol–water partition coefficient (Wildman–Crippen LogP) is 6.95. The van der Waals surface area contributed by atoms with Crippen LogP contribution in [0.1, 0.15) is 77.0 Å². The zero-order valence-electron chi connectivity index (χ0n) is 19.0. The second-order valence-corrected chi connectivity index (χ2v) is 9.53. The van der Waals surface area contributed by atoms with E-state index in [0.717, 1.165) is 43.5 Å². The molecule has 0 bridgehead atoms. The number of allylic oxidation sites excluding steroid dienone is 1. The van der Waals surface area contributed by atoms with Crippen LogP contribution in [0.25, 0.3) is 0 Å². The summed E-state index contributed by atoms with van der Waals surface area (Å²) in [6, 6.07) is 5.50. The van der Waals surface area contributed by atoms with Crippen molar-refractivity contribution in [3.8, 4) is 0 Å². The Bertz CT molecular complexity index is 725. The summed E-state index contributed by atoms with van der Waals surface area (Å²) in [7, 11) is 0. The Hall–Kier alpha value is -1.82. The molecule has 6 heteroatoms. The number of alkyl halides is 3. The second-order valence-electron chi connectivity index (χ2n) is 9.53. The molecule has 0 unspecified atom stereocenters. The number of hydrogen-bond donors (Lipinski definition) is 1. The van der Waals surface area contributed by atoms with Gasteiger partial charge in [-0.15, -0.1) is 0 Å². The number of carbonyl (C=O) groups is 1. The highest BCUT2D eigenvalue weighted by Gasteiger charge is 2.35. The maximum absolute atomic E-state index is 13.0. The van der Waals surface area contributed by atoms with Gasteiger partial charge in [0.1, 0.15) is 0 Å². The van der Waals surface area contributed by atoms with Crippen molar-refractivity contribution in [1.82, 2.24) is 4.90 Å². The summed E-state index contributed by atoms with van der Waals surface area (Å²) in [5.74, 6) is 0.182. The fourth-order valence-electron chi connectivity index (χ4n) is 4.33. The fourth-order valence-corrected chi connectivity index (χ4v) is 4.33. The Kier molecular flexibility index (Phi) is 9.16. The van der Waals surface area contributed by atoms with Crippen molar-refractivity contribution < 1.29 is 23.1 Å². The molecule has 0 aliphatic carbocycles. The Morgan fingerprint density at radius 2 is 1.77 bits per heavy atom. The average molecular weight is 440 g/mol. The summed E-state index contributed by atoms with van der Waals surface area (Å²) in [5, 5.41) is 9.26. The molecule has 0 aromatic heterocycles. The Morgan fingerprint density at radius 3 is 2.29 bits per heavy atom. The summed E-state index contributed by atoms with van der Waals surface area (Å²) in [5.41, 5.74) is 0.173. The number of piperidine rings is 1. The highest BCUT2D eigenvalue weighted by Crippen LogP contribution is 2.39. The number of aliphatic carboxylic acids is 1. The molecule has 3 nitrogen and oxygen atoms in total. The van der Waals surface area contributed by atoms with Gasteiger partial charge in [0, 0.05) is 18.5 Å². The van der Waals surface area contributed by atoms with Gasteiger partial charge in [0.15, 0.2) is 0 Å². The van der Waals surface area contributed by atoms with Gasteiger partial charge < -0.3 is 5.11 Å². The lowest BCUT2D eigenvalue weighted by atomic mass is 9.83. The minimum atomic E-state index is -4.36. The van der Waals surface area contributed by atoms with Crippen molar-refractivity contribution in [3.63, 3.8) is 0 Å². The Morgan fingerprint density at radius 1 is 1.13 bits per heavy atom. The van der Waals surface area contributed by atoms with Gasteiger partial charge in [0.05, 0.1) is 5.56 Å². The molecule has 1 heterocycles. The van der Waals surface area contributed by atoms with Crippen molar-refractivity contribution >= 4 is 5.97 Å².